The largest absolute Gasteiger partial charge is 0.481 e. The summed E-state index contributed by atoms with van der Waals surface area (Å²) in [6.45, 7) is 3.77. The van der Waals surface area contributed by atoms with E-state index in [1.54, 1.807) is 13.8 Å². The molecule has 0 aliphatic heterocycles. The van der Waals surface area contributed by atoms with Gasteiger partial charge in [-0.25, -0.2) is 4.79 Å². The molecule has 0 heterocycles. The second-order valence-corrected chi connectivity index (χ2v) is 7.99. The predicted molar refractivity (Wildman–Crippen MR) is 120 cm³/mol. The van der Waals surface area contributed by atoms with Gasteiger partial charge in [0.1, 0.15) is 18.1 Å². The molecule has 0 aliphatic rings. The first-order chi connectivity index (χ1) is 15.8. The topological polar surface area (TPSA) is 257 Å². The number of primary amides is 1. The number of carboxylic acid groups (broad SMARTS) is 2. The van der Waals surface area contributed by atoms with Crippen molar-refractivity contribution in [3.8, 4) is 0 Å². The van der Waals surface area contributed by atoms with Gasteiger partial charge in [0.2, 0.25) is 23.6 Å². The van der Waals surface area contributed by atoms with Gasteiger partial charge in [0.15, 0.2) is 0 Å². The Labute approximate surface area is 197 Å². The molecule has 0 aromatic heterocycles. The molecule has 0 aliphatic carbocycles. The molecule has 14 heteroatoms. The van der Waals surface area contributed by atoms with Crippen molar-refractivity contribution in [2.45, 2.75) is 76.5 Å². The minimum atomic E-state index is -1.52. The normalized spacial score (nSPS) is 15.2. The molecule has 0 aromatic carbocycles. The van der Waals surface area contributed by atoms with E-state index in [1.807, 2.05) is 0 Å². The lowest BCUT2D eigenvalue weighted by Crippen LogP contribution is -2.59. The highest BCUT2D eigenvalue weighted by molar-refractivity contribution is 5.96. The molecule has 5 unspecified atom stereocenters. The lowest BCUT2D eigenvalue weighted by atomic mass is 9.97. The summed E-state index contributed by atoms with van der Waals surface area (Å²) in [5.74, 6) is -6.67. The molecule has 0 fully saturated rings. The molecule has 0 saturated heterocycles. The van der Waals surface area contributed by atoms with Crippen LogP contribution in [0.4, 0.5) is 0 Å². The lowest BCUT2D eigenvalue weighted by Gasteiger charge is -2.27. The number of nitrogens with two attached hydrogens (primary N) is 3. The van der Waals surface area contributed by atoms with E-state index in [0.717, 1.165) is 0 Å². The van der Waals surface area contributed by atoms with Crippen LogP contribution in [0.3, 0.4) is 0 Å². The molecule has 0 rings (SSSR count). The summed E-state index contributed by atoms with van der Waals surface area (Å²) in [4.78, 5) is 71.5. The lowest BCUT2D eigenvalue weighted by molar-refractivity contribution is -0.143. The van der Waals surface area contributed by atoms with Gasteiger partial charge in [0, 0.05) is 0 Å². The Bertz CT molecular complexity index is 747. The molecule has 0 aromatic rings. The van der Waals surface area contributed by atoms with Crippen LogP contribution in [0.5, 0.6) is 0 Å². The summed E-state index contributed by atoms with van der Waals surface area (Å²) in [5, 5.41) is 25.2. The maximum Gasteiger partial charge on any atom is 0.326 e. The fraction of sp³-hybridized carbons (Fsp3) is 0.700. The molecule has 34 heavy (non-hydrogen) atoms. The third kappa shape index (κ3) is 11.6. The van der Waals surface area contributed by atoms with E-state index in [4.69, 9.17) is 22.3 Å². The summed E-state index contributed by atoms with van der Waals surface area (Å²) in [6.07, 6.45) is 0.264. The Morgan fingerprint density at radius 1 is 0.853 bits per heavy atom. The van der Waals surface area contributed by atoms with Gasteiger partial charge >= 0.3 is 11.9 Å². The number of hydrogen-bond donors (Lipinski definition) is 8. The number of hydrogen-bond acceptors (Lipinski definition) is 8. The maximum atomic E-state index is 12.8. The Hall–Kier alpha value is -3.26. The van der Waals surface area contributed by atoms with Crippen LogP contribution in [0.2, 0.25) is 0 Å². The second kappa shape index (κ2) is 15.6. The summed E-state index contributed by atoms with van der Waals surface area (Å²) in [7, 11) is 0. The van der Waals surface area contributed by atoms with Gasteiger partial charge in [0.05, 0.1) is 18.9 Å². The van der Waals surface area contributed by atoms with Crippen LogP contribution in [-0.2, 0) is 28.8 Å². The molecule has 0 saturated carbocycles. The SMILES string of the molecule is CCC(C)C(NC(=O)C(CC(N)=O)NC(=O)C(N)CC(=O)O)C(=O)NC(CCCCN)C(=O)O. The average Bonchev–Trinajstić information content (AvgIpc) is 2.74. The predicted octanol–water partition coefficient (Wildman–Crippen LogP) is -2.62. The fourth-order valence-corrected chi connectivity index (χ4v) is 2.94. The van der Waals surface area contributed by atoms with Gasteiger partial charge < -0.3 is 43.4 Å². The van der Waals surface area contributed by atoms with Gasteiger partial charge in [0.25, 0.3) is 0 Å². The van der Waals surface area contributed by atoms with Crippen LogP contribution in [-0.4, -0.2) is 76.5 Å². The second-order valence-electron chi connectivity index (χ2n) is 7.99. The highest BCUT2D eigenvalue weighted by atomic mass is 16.4. The minimum Gasteiger partial charge on any atom is -0.481 e. The van der Waals surface area contributed by atoms with Crippen LogP contribution < -0.4 is 33.2 Å². The van der Waals surface area contributed by atoms with Crippen molar-refractivity contribution in [2.75, 3.05) is 6.54 Å². The first-order valence-corrected chi connectivity index (χ1v) is 10.9. The standard InChI is InChI=1S/C20H36N6O8/c1-3-10(2)16(19(32)24-12(20(33)34)6-4-5-7-21)26-18(31)13(9-14(23)27)25-17(30)11(22)8-15(28)29/h10-13,16H,3-9,21-22H2,1-2H3,(H2,23,27)(H,24,32)(H,25,30)(H,26,31)(H,28,29)(H,33,34). The van der Waals surface area contributed by atoms with Gasteiger partial charge in [-0.05, 0) is 31.7 Å². The van der Waals surface area contributed by atoms with E-state index in [1.165, 1.54) is 0 Å². The Morgan fingerprint density at radius 3 is 1.91 bits per heavy atom. The summed E-state index contributed by atoms with van der Waals surface area (Å²) >= 11 is 0. The molecule has 194 valence electrons. The average molecular weight is 489 g/mol. The van der Waals surface area contributed by atoms with Gasteiger partial charge in [-0.1, -0.05) is 20.3 Å². The van der Waals surface area contributed by atoms with Crippen LogP contribution >= 0.6 is 0 Å². The number of rotatable bonds is 17. The summed E-state index contributed by atoms with van der Waals surface area (Å²) < 4.78 is 0. The molecule has 14 nitrogen and oxygen atoms in total. The Balaban J connectivity index is 5.53. The first-order valence-electron chi connectivity index (χ1n) is 10.9. The van der Waals surface area contributed by atoms with Gasteiger partial charge in [-0.2, -0.15) is 0 Å². The molecule has 11 N–H and O–H groups in total. The monoisotopic (exact) mass is 488 g/mol. The van der Waals surface area contributed by atoms with Gasteiger partial charge in [-0.3, -0.25) is 24.0 Å². The number of carbonyl (C=O) groups is 6. The zero-order valence-electron chi connectivity index (χ0n) is 19.4. The van der Waals surface area contributed by atoms with Crippen LogP contribution in [0.25, 0.3) is 0 Å². The fourth-order valence-electron chi connectivity index (χ4n) is 2.94. The highest BCUT2D eigenvalue weighted by Crippen LogP contribution is 2.11. The van der Waals surface area contributed by atoms with E-state index in [2.05, 4.69) is 16.0 Å². The van der Waals surface area contributed by atoms with Crippen LogP contribution in [0.15, 0.2) is 0 Å². The van der Waals surface area contributed by atoms with Crippen molar-refractivity contribution >= 4 is 35.6 Å². The third-order valence-corrected chi connectivity index (χ3v) is 5.12. The molecular formula is C20H36N6O8. The molecule has 0 bridgehead atoms. The number of nitrogens with one attached hydrogen (secondary N) is 3. The van der Waals surface area contributed by atoms with E-state index in [-0.39, 0.29) is 6.42 Å². The van der Waals surface area contributed by atoms with Crippen molar-refractivity contribution in [3.63, 3.8) is 0 Å². The maximum absolute atomic E-state index is 12.8. The minimum absolute atomic E-state index is 0.140. The highest BCUT2D eigenvalue weighted by Gasteiger charge is 2.33. The molecular weight excluding hydrogens is 452 g/mol. The molecule has 4 amide bonds. The zero-order valence-corrected chi connectivity index (χ0v) is 19.4. The van der Waals surface area contributed by atoms with E-state index in [9.17, 15) is 33.9 Å². The van der Waals surface area contributed by atoms with Crippen LogP contribution in [0, 0.1) is 5.92 Å². The zero-order chi connectivity index (χ0) is 26.4. The quantitative estimate of drug-likeness (QED) is 0.0988. The van der Waals surface area contributed by atoms with E-state index in [0.29, 0.717) is 25.8 Å². The first kappa shape index (κ1) is 30.7. The smallest absolute Gasteiger partial charge is 0.326 e. The molecule has 5 atom stereocenters. The Kier molecular flexibility index (Phi) is 14.1. The van der Waals surface area contributed by atoms with Gasteiger partial charge in [-0.15, -0.1) is 0 Å². The Morgan fingerprint density at radius 2 is 1.44 bits per heavy atom. The number of amides is 4. The third-order valence-electron chi connectivity index (χ3n) is 5.12. The van der Waals surface area contributed by atoms with Crippen molar-refractivity contribution in [3.05, 3.63) is 0 Å². The molecule has 0 radical (unpaired) electrons. The van der Waals surface area contributed by atoms with E-state index < -0.39 is 78.5 Å². The molecule has 0 spiro atoms. The van der Waals surface area contributed by atoms with Crippen molar-refractivity contribution in [1.29, 1.82) is 0 Å². The summed E-state index contributed by atoms with van der Waals surface area (Å²) in [6, 6.07) is -5.39. The van der Waals surface area contributed by atoms with Crippen molar-refractivity contribution in [2.24, 2.45) is 23.1 Å². The number of carboxylic acids is 2. The van der Waals surface area contributed by atoms with Crippen molar-refractivity contribution < 1.29 is 39.0 Å². The number of carbonyl (C=O) groups excluding carboxylic acids is 4. The number of aliphatic carboxylic acids is 2. The summed E-state index contributed by atoms with van der Waals surface area (Å²) in [5.41, 5.74) is 16.0. The van der Waals surface area contributed by atoms with E-state index >= 15 is 0 Å². The van der Waals surface area contributed by atoms with Crippen molar-refractivity contribution in [1.82, 2.24) is 16.0 Å². The number of unbranched alkanes of at least 4 members (excludes halogenated alkanes) is 1. The van der Waals surface area contributed by atoms with Crippen LogP contribution in [0.1, 0.15) is 52.4 Å².